The van der Waals surface area contributed by atoms with E-state index in [0.29, 0.717) is 19.3 Å². The van der Waals surface area contributed by atoms with Crippen LogP contribution in [0.4, 0.5) is 0 Å². The van der Waals surface area contributed by atoms with Gasteiger partial charge < -0.3 is 15.4 Å². The molecule has 0 fully saturated rings. The Balaban J connectivity index is 2.80. The zero-order chi connectivity index (χ0) is 18.7. The van der Waals surface area contributed by atoms with Crippen LogP contribution < -0.4 is 10.6 Å². The van der Waals surface area contributed by atoms with Crippen molar-refractivity contribution in [2.45, 2.75) is 44.7 Å². The molecule has 1 aromatic carbocycles. The molecule has 0 saturated heterocycles. The molecule has 136 valence electrons. The van der Waals surface area contributed by atoms with Crippen molar-refractivity contribution < 1.29 is 19.1 Å². The SMILES string of the molecule is C=CCCC[C@@H](NC(=O)[C@H](Cc1ccccc1)NC(C)=O)C(=O)OC. The molecule has 0 aliphatic rings. The van der Waals surface area contributed by atoms with E-state index in [4.69, 9.17) is 4.74 Å². The van der Waals surface area contributed by atoms with Gasteiger partial charge in [0, 0.05) is 13.3 Å². The summed E-state index contributed by atoms with van der Waals surface area (Å²) in [7, 11) is 1.28. The number of carbonyl (C=O) groups is 3. The Labute approximate surface area is 148 Å². The summed E-state index contributed by atoms with van der Waals surface area (Å²) in [6.07, 6.45) is 3.98. The average molecular weight is 346 g/mol. The fourth-order valence-electron chi connectivity index (χ4n) is 2.43. The molecular weight excluding hydrogens is 320 g/mol. The maximum atomic E-state index is 12.6. The van der Waals surface area contributed by atoms with Crippen molar-refractivity contribution in [1.29, 1.82) is 0 Å². The Morgan fingerprint density at radius 1 is 1.16 bits per heavy atom. The molecule has 0 aromatic heterocycles. The molecule has 1 rings (SSSR count). The lowest BCUT2D eigenvalue weighted by atomic mass is 10.0. The average Bonchev–Trinajstić information content (AvgIpc) is 2.60. The summed E-state index contributed by atoms with van der Waals surface area (Å²) in [4.78, 5) is 35.9. The van der Waals surface area contributed by atoms with Crippen LogP contribution in [0.1, 0.15) is 31.7 Å². The van der Waals surface area contributed by atoms with Gasteiger partial charge in [-0.1, -0.05) is 36.4 Å². The van der Waals surface area contributed by atoms with Crippen LogP contribution in [-0.2, 0) is 25.5 Å². The van der Waals surface area contributed by atoms with E-state index in [0.717, 1.165) is 12.0 Å². The third kappa shape index (κ3) is 7.65. The van der Waals surface area contributed by atoms with E-state index in [-0.39, 0.29) is 5.91 Å². The Kier molecular flexibility index (Phi) is 9.00. The minimum atomic E-state index is -0.758. The lowest BCUT2D eigenvalue weighted by Gasteiger charge is -2.22. The highest BCUT2D eigenvalue weighted by Gasteiger charge is 2.26. The number of benzene rings is 1. The number of nitrogens with one attached hydrogen (secondary N) is 2. The van der Waals surface area contributed by atoms with Crippen molar-refractivity contribution in [3.63, 3.8) is 0 Å². The Bertz CT molecular complexity index is 586. The first-order valence-corrected chi connectivity index (χ1v) is 8.28. The molecule has 0 bridgehead atoms. The molecule has 0 aliphatic carbocycles. The fraction of sp³-hybridized carbons (Fsp3) is 0.421. The van der Waals surface area contributed by atoms with Crippen molar-refractivity contribution in [3.8, 4) is 0 Å². The second-order valence-corrected chi connectivity index (χ2v) is 5.75. The number of esters is 1. The van der Waals surface area contributed by atoms with Gasteiger partial charge in [-0.3, -0.25) is 9.59 Å². The summed E-state index contributed by atoms with van der Waals surface area (Å²) in [5, 5.41) is 5.33. The standard InChI is InChI=1S/C19H26N2O4/c1-4-5-7-12-16(19(24)25-3)21-18(23)17(20-14(2)22)13-15-10-8-6-9-11-15/h4,6,8-11,16-17H,1,5,7,12-13H2,2-3H3,(H,20,22)(H,21,23)/t16-,17+/m1/s1. The van der Waals surface area contributed by atoms with Crippen LogP contribution in [0.3, 0.4) is 0 Å². The molecule has 2 N–H and O–H groups in total. The van der Waals surface area contributed by atoms with E-state index in [1.807, 2.05) is 30.3 Å². The molecule has 6 heteroatoms. The van der Waals surface area contributed by atoms with Gasteiger partial charge in [0.2, 0.25) is 11.8 Å². The van der Waals surface area contributed by atoms with E-state index < -0.39 is 24.0 Å². The maximum absolute atomic E-state index is 12.6. The van der Waals surface area contributed by atoms with Crippen LogP contribution in [0, 0.1) is 0 Å². The van der Waals surface area contributed by atoms with Gasteiger partial charge in [-0.2, -0.15) is 0 Å². The van der Waals surface area contributed by atoms with Crippen LogP contribution in [0.2, 0.25) is 0 Å². The molecule has 2 amide bonds. The van der Waals surface area contributed by atoms with E-state index in [9.17, 15) is 14.4 Å². The lowest BCUT2D eigenvalue weighted by Crippen LogP contribution is -2.52. The normalized spacial score (nSPS) is 12.6. The number of hydrogen-bond donors (Lipinski definition) is 2. The summed E-state index contributed by atoms with van der Waals surface area (Å²) in [6, 6.07) is 7.86. The first-order valence-electron chi connectivity index (χ1n) is 8.28. The Hall–Kier alpha value is -2.63. The highest BCUT2D eigenvalue weighted by Crippen LogP contribution is 2.07. The zero-order valence-corrected chi connectivity index (χ0v) is 14.8. The van der Waals surface area contributed by atoms with Crippen LogP contribution in [0.5, 0.6) is 0 Å². The largest absolute Gasteiger partial charge is 0.467 e. The summed E-state index contributed by atoms with van der Waals surface area (Å²) in [5.74, 6) is -1.22. The highest BCUT2D eigenvalue weighted by molar-refractivity contribution is 5.90. The van der Waals surface area contributed by atoms with Gasteiger partial charge in [-0.15, -0.1) is 6.58 Å². The lowest BCUT2D eigenvalue weighted by molar-refractivity contribution is -0.145. The summed E-state index contributed by atoms with van der Waals surface area (Å²) >= 11 is 0. The van der Waals surface area contributed by atoms with Crippen molar-refractivity contribution in [3.05, 3.63) is 48.6 Å². The van der Waals surface area contributed by atoms with E-state index >= 15 is 0 Å². The van der Waals surface area contributed by atoms with Gasteiger partial charge in [0.05, 0.1) is 7.11 Å². The molecule has 0 saturated carbocycles. The molecule has 0 heterocycles. The second kappa shape index (κ2) is 11.0. The van der Waals surface area contributed by atoms with E-state index in [2.05, 4.69) is 17.2 Å². The van der Waals surface area contributed by atoms with Crippen molar-refractivity contribution in [2.24, 2.45) is 0 Å². The quantitative estimate of drug-likeness (QED) is 0.384. The minimum absolute atomic E-state index is 0.308. The number of unbranched alkanes of at least 4 members (excludes halogenated alkanes) is 1. The Morgan fingerprint density at radius 2 is 1.84 bits per heavy atom. The fourth-order valence-corrected chi connectivity index (χ4v) is 2.43. The Morgan fingerprint density at radius 3 is 2.40 bits per heavy atom. The smallest absolute Gasteiger partial charge is 0.328 e. The first kappa shape index (κ1) is 20.4. The molecule has 1 aromatic rings. The summed E-state index contributed by atoms with van der Waals surface area (Å²) < 4.78 is 4.76. The van der Waals surface area contributed by atoms with E-state index in [1.54, 1.807) is 6.08 Å². The number of carbonyl (C=O) groups excluding carboxylic acids is 3. The van der Waals surface area contributed by atoms with Crippen molar-refractivity contribution in [1.82, 2.24) is 10.6 Å². The van der Waals surface area contributed by atoms with Gasteiger partial charge in [-0.05, 0) is 24.8 Å². The van der Waals surface area contributed by atoms with Crippen LogP contribution in [-0.4, -0.2) is 37.0 Å². The number of amides is 2. The summed E-state index contributed by atoms with van der Waals surface area (Å²) in [5.41, 5.74) is 0.915. The predicted octanol–water partition coefficient (Wildman–Crippen LogP) is 1.75. The second-order valence-electron chi connectivity index (χ2n) is 5.75. The van der Waals surface area contributed by atoms with Crippen LogP contribution in [0.25, 0.3) is 0 Å². The number of allylic oxidation sites excluding steroid dienone is 1. The molecule has 0 spiro atoms. The van der Waals surface area contributed by atoms with Gasteiger partial charge in [0.1, 0.15) is 12.1 Å². The van der Waals surface area contributed by atoms with Crippen molar-refractivity contribution >= 4 is 17.8 Å². The molecule has 0 unspecified atom stereocenters. The van der Waals surface area contributed by atoms with E-state index in [1.165, 1.54) is 14.0 Å². The highest BCUT2D eigenvalue weighted by atomic mass is 16.5. The number of hydrogen-bond acceptors (Lipinski definition) is 4. The third-order valence-electron chi connectivity index (χ3n) is 3.68. The summed E-state index contributed by atoms with van der Waals surface area (Å²) in [6.45, 7) is 4.99. The van der Waals surface area contributed by atoms with Gasteiger partial charge in [0.15, 0.2) is 0 Å². The topological polar surface area (TPSA) is 84.5 Å². The maximum Gasteiger partial charge on any atom is 0.328 e. The zero-order valence-electron chi connectivity index (χ0n) is 14.8. The number of methoxy groups -OCH3 is 1. The molecule has 0 aliphatic heterocycles. The van der Waals surface area contributed by atoms with Gasteiger partial charge in [0.25, 0.3) is 0 Å². The van der Waals surface area contributed by atoms with Gasteiger partial charge in [-0.25, -0.2) is 4.79 Å². The monoisotopic (exact) mass is 346 g/mol. The predicted molar refractivity (Wildman–Crippen MR) is 95.7 cm³/mol. The number of ether oxygens (including phenoxy) is 1. The van der Waals surface area contributed by atoms with Crippen LogP contribution >= 0.6 is 0 Å². The van der Waals surface area contributed by atoms with Crippen molar-refractivity contribution in [2.75, 3.05) is 7.11 Å². The molecule has 6 nitrogen and oxygen atoms in total. The van der Waals surface area contributed by atoms with Gasteiger partial charge >= 0.3 is 5.97 Å². The molecular formula is C19H26N2O4. The third-order valence-corrected chi connectivity index (χ3v) is 3.68. The first-order chi connectivity index (χ1) is 12.0. The molecule has 25 heavy (non-hydrogen) atoms. The minimum Gasteiger partial charge on any atom is -0.467 e. The molecule has 2 atom stereocenters. The molecule has 0 radical (unpaired) electrons. The van der Waals surface area contributed by atoms with Crippen LogP contribution in [0.15, 0.2) is 43.0 Å². The number of rotatable bonds is 10.